The normalized spacial score (nSPS) is 16.0. The summed E-state index contributed by atoms with van der Waals surface area (Å²) in [6, 6.07) is 7.42. The van der Waals surface area contributed by atoms with E-state index in [4.69, 9.17) is 11.6 Å². The van der Waals surface area contributed by atoms with Crippen molar-refractivity contribution in [3.05, 3.63) is 29.4 Å². The minimum absolute atomic E-state index is 0.122. The zero-order valence-electron chi connectivity index (χ0n) is 11.5. The number of hydrogen-bond donors (Lipinski definition) is 2. The van der Waals surface area contributed by atoms with Crippen molar-refractivity contribution in [1.29, 1.82) is 0 Å². The van der Waals surface area contributed by atoms with Gasteiger partial charge in [-0.3, -0.25) is 9.69 Å². The van der Waals surface area contributed by atoms with E-state index < -0.39 is 0 Å². The van der Waals surface area contributed by atoms with Crippen molar-refractivity contribution >= 4 is 34.4 Å². The number of halogens is 1. The minimum Gasteiger partial charge on any atom is -0.314 e. The Kier molecular flexibility index (Phi) is 4.28. The number of nitrogens with zero attached hydrogens (tertiary/aromatic N) is 3. The molecule has 0 bridgehead atoms. The molecule has 1 aliphatic heterocycles. The van der Waals surface area contributed by atoms with Crippen LogP contribution >= 0.6 is 11.6 Å². The number of nitrogens with one attached hydrogen (secondary N) is 2. The van der Waals surface area contributed by atoms with Crippen LogP contribution in [0, 0.1) is 0 Å². The van der Waals surface area contributed by atoms with Gasteiger partial charge in [-0.05, 0) is 12.1 Å². The summed E-state index contributed by atoms with van der Waals surface area (Å²) in [7, 11) is 0. The SMILES string of the molecule is O=C(CN1CCNCC1)Nc1nc2ccccc2nc1Cl. The van der Waals surface area contributed by atoms with Gasteiger partial charge in [-0.25, -0.2) is 9.97 Å². The molecule has 1 aromatic carbocycles. The smallest absolute Gasteiger partial charge is 0.239 e. The van der Waals surface area contributed by atoms with E-state index in [0.29, 0.717) is 23.4 Å². The highest BCUT2D eigenvalue weighted by Gasteiger charge is 2.15. The molecular weight excluding hydrogens is 290 g/mol. The molecule has 1 fully saturated rings. The summed E-state index contributed by atoms with van der Waals surface area (Å²) >= 11 is 6.08. The summed E-state index contributed by atoms with van der Waals surface area (Å²) < 4.78 is 0. The lowest BCUT2D eigenvalue weighted by Crippen LogP contribution is -2.46. The Hall–Kier alpha value is -1.76. The number of para-hydroxylation sites is 2. The standard InChI is InChI=1S/C14H16ClN5O/c15-13-14(18-11-4-2-1-3-10(11)17-13)19-12(21)9-20-7-5-16-6-8-20/h1-4,16H,5-9H2,(H,18,19,21). The number of anilines is 1. The van der Waals surface area contributed by atoms with Gasteiger partial charge in [0.1, 0.15) is 0 Å². The molecule has 2 heterocycles. The predicted octanol–water partition coefficient (Wildman–Crippen LogP) is 1.13. The lowest BCUT2D eigenvalue weighted by atomic mass is 10.3. The maximum atomic E-state index is 12.1. The number of piperazine rings is 1. The molecule has 0 saturated carbocycles. The highest BCUT2D eigenvalue weighted by atomic mass is 35.5. The second-order valence-corrected chi connectivity index (χ2v) is 5.28. The van der Waals surface area contributed by atoms with Gasteiger partial charge in [0, 0.05) is 26.2 Å². The fourth-order valence-corrected chi connectivity index (χ4v) is 2.48. The van der Waals surface area contributed by atoms with E-state index in [-0.39, 0.29) is 11.1 Å². The van der Waals surface area contributed by atoms with Gasteiger partial charge in [0.25, 0.3) is 0 Å². The van der Waals surface area contributed by atoms with Crippen molar-refractivity contribution in [1.82, 2.24) is 20.2 Å². The molecule has 21 heavy (non-hydrogen) atoms. The number of benzene rings is 1. The first-order chi connectivity index (χ1) is 10.2. The topological polar surface area (TPSA) is 70.2 Å². The summed E-state index contributed by atoms with van der Waals surface area (Å²) in [5.41, 5.74) is 1.42. The van der Waals surface area contributed by atoms with Crippen LogP contribution in [0.15, 0.2) is 24.3 Å². The Morgan fingerprint density at radius 1 is 1.24 bits per heavy atom. The van der Waals surface area contributed by atoms with E-state index >= 15 is 0 Å². The molecule has 110 valence electrons. The van der Waals surface area contributed by atoms with E-state index in [9.17, 15) is 4.79 Å². The molecule has 0 aliphatic carbocycles. The first-order valence-electron chi connectivity index (χ1n) is 6.87. The molecule has 1 aromatic heterocycles. The molecule has 1 aliphatic rings. The first kappa shape index (κ1) is 14.2. The van der Waals surface area contributed by atoms with E-state index in [2.05, 4.69) is 25.5 Å². The highest BCUT2D eigenvalue weighted by Crippen LogP contribution is 2.20. The van der Waals surface area contributed by atoms with Crippen LogP contribution in [0.1, 0.15) is 0 Å². The monoisotopic (exact) mass is 305 g/mol. The Morgan fingerprint density at radius 3 is 2.62 bits per heavy atom. The van der Waals surface area contributed by atoms with Gasteiger partial charge in [-0.15, -0.1) is 0 Å². The molecule has 0 radical (unpaired) electrons. The average molecular weight is 306 g/mol. The van der Waals surface area contributed by atoms with Gasteiger partial charge >= 0.3 is 0 Å². The molecule has 2 aromatic rings. The second-order valence-electron chi connectivity index (χ2n) is 4.93. The number of fused-ring (bicyclic) bond motifs is 1. The van der Waals surface area contributed by atoms with Crippen LogP contribution in [0.2, 0.25) is 5.15 Å². The van der Waals surface area contributed by atoms with Crippen LogP contribution in [0.3, 0.4) is 0 Å². The lowest BCUT2D eigenvalue weighted by Gasteiger charge is -2.26. The van der Waals surface area contributed by atoms with Crippen molar-refractivity contribution in [2.24, 2.45) is 0 Å². The van der Waals surface area contributed by atoms with Crippen LogP contribution in [0.4, 0.5) is 5.82 Å². The average Bonchev–Trinajstić information content (AvgIpc) is 2.49. The van der Waals surface area contributed by atoms with Gasteiger partial charge in [-0.1, -0.05) is 23.7 Å². The Labute approximate surface area is 127 Å². The zero-order valence-corrected chi connectivity index (χ0v) is 12.2. The van der Waals surface area contributed by atoms with Crippen LogP contribution in [-0.2, 0) is 4.79 Å². The number of rotatable bonds is 3. The van der Waals surface area contributed by atoms with Crippen LogP contribution in [0.25, 0.3) is 11.0 Å². The largest absolute Gasteiger partial charge is 0.314 e. The highest BCUT2D eigenvalue weighted by molar-refractivity contribution is 6.32. The fourth-order valence-electron chi connectivity index (χ4n) is 2.30. The van der Waals surface area contributed by atoms with Crippen molar-refractivity contribution in [3.8, 4) is 0 Å². The molecule has 7 heteroatoms. The molecule has 1 saturated heterocycles. The lowest BCUT2D eigenvalue weighted by molar-refractivity contribution is -0.117. The van der Waals surface area contributed by atoms with E-state index in [0.717, 1.165) is 26.2 Å². The van der Waals surface area contributed by atoms with Crippen molar-refractivity contribution in [3.63, 3.8) is 0 Å². The summed E-state index contributed by atoms with van der Waals surface area (Å²) in [4.78, 5) is 22.8. The number of amides is 1. The van der Waals surface area contributed by atoms with Crippen molar-refractivity contribution in [2.75, 3.05) is 38.0 Å². The molecule has 3 rings (SSSR count). The minimum atomic E-state index is -0.122. The fraction of sp³-hybridized carbons (Fsp3) is 0.357. The predicted molar refractivity (Wildman–Crippen MR) is 82.5 cm³/mol. The van der Waals surface area contributed by atoms with E-state index in [1.165, 1.54) is 0 Å². The molecule has 0 unspecified atom stereocenters. The molecule has 1 amide bonds. The molecule has 6 nitrogen and oxygen atoms in total. The maximum Gasteiger partial charge on any atom is 0.239 e. The molecular formula is C14H16ClN5O. The van der Waals surface area contributed by atoms with Gasteiger partial charge in [0.15, 0.2) is 11.0 Å². The van der Waals surface area contributed by atoms with Crippen LogP contribution in [-0.4, -0.2) is 53.5 Å². The van der Waals surface area contributed by atoms with E-state index in [1.807, 2.05) is 24.3 Å². The van der Waals surface area contributed by atoms with Gasteiger partial charge < -0.3 is 10.6 Å². The van der Waals surface area contributed by atoms with Crippen molar-refractivity contribution < 1.29 is 4.79 Å². The molecule has 0 atom stereocenters. The third kappa shape index (κ3) is 3.47. The third-order valence-electron chi connectivity index (χ3n) is 3.36. The number of carbonyl (C=O) groups excluding carboxylic acids is 1. The number of hydrogen-bond acceptors (Lipinski definition) is 5. The summed E-state index contributed by atoms with van der Waals surface area (Å²) in [6.07, 6.45) is 0. The van der Waals surface area contributed by atoms with Crippen LogP contribution < -0.4 is 10.6 Å². The number of carbonyl (C=O) groups is 1. The van der Waals surface area contributed by atoms with Gasteiger partial charge in [0.05, 0.1) is 17.6 Å². The second kappa shape index (κ2) is 6.34. The van der Waals surface area contributed by atoms with Crippen molar-refractivity contribution in [2.45, 2.75) is 0 Å². The zero-order chi connectivity index (χ0) is 14.7. The van der Waals surface area contributed by atoms with Crippen LogP contribution in [0.5, 0.6) is 0 Å². The van der Waals surface area contributed by atoms with Gasteiger partial charge in [-0.2, -0.15) is 0 Å². The van der Waals surface area contributed by atoms with E-state index in [1.54, 1.807) is 0 Å². The Balaban J connectivity index is 1.71. The first-order valence-corrected chi connectivity index (χ1v) is 7.25. The summed E-state index contributed by atoms with van der Waals surface area (Å²) in [5.74, 6) is 0.193. The summed E-state index contributed by atoms with van der Waals surface area (Å²) in [5, 5.41) is 6.20. The Morgan fingerprint density at radius 2 is 1.90 bits per heavy atom. The number of aromatic nitrogens is 2. The Bertz CT molecular complexity index is 657. The van der Waals surface area contributed by atoms with Gasteiger partial charge in [0.2, 0.25) is 5.91 Å². The summed E-state index contributed by atoms with van der Waals surface area (Å²) in [6.45, 7) is 3.88. The third-order valence-corrected chi connectivity index (χ3v) is 3.63. The molecule has 0 spiro atoms. The quantitative estimate of drug-likeness (QED) is 0.889. The maximum absolute atomic E-state index is 12.1. The molecule has 2 N–H and O–H groups in total.